The summed E-state index contributed by atoms with van der Waals surface area (Å²) in [6.07, 6.45) is 0.925. The van der Waals surface area contributed by atoms with E-state index < -0.39 is 0 Å². The Labute approximate surface area is 185 Å². The van der Waals surface area contributed by atoms with Crippen molar-refractivity contribution < 1.29 is 0 Å². The number of benzene rings is 4. The minimum atomic E-state index is 0.801. The number of hydrogen-bond acceptors (Lipinski definition) is 2. The van der Waals surface area contributed by atoms with E-state index in [1.54, 1.807) is 0 Å². The lowest BCUT2D eigenvalue weighted by molar-refractivity contribution is 0.825. The van der Waals surface area contributed by atoms with Crippen molar-refractivity contribution in [2.75, 3.05) is 11.6 Å². The van der Waals surface area contributed by atoms with Crippen molar-refractivity contribution >= 4 is 11.4 Å². The zero-order chi connectivity index (χ0) is 21.5. The Kier molecular flexibility index (Phi) is 6.59. The first-order valence-electron chi connectivity index (χ1n) is 10.8. The molecule has 0 bridgehead atoms. The number of nitrogens with zero attached hydrogens (tertiary/aromatic N) is 2. The van der Waals surface area contributed by atoms with Crippen LogP contribution in [0.5, 0.6) is 0 Å². The van der Waals surface area contributed by atoms with Crippen LogP contribution in [0.4, 0.5) is 5.69 Å². The molecule has 0 aliphatic rings. The first-order valence-corrected chi connectivity index (χ1v) is 10.8. The van der Waals surface area contributed by atoms with Crippen LogP contribution < -0.4 is 5.01 Å². The fraction of sp³-hybridized carbons (Fsp3) is 0.138. The average molecular weight is 405 g/mol. The van der Waals surface area contributed by atoms with Crippen molar-refractivity contribution in [2.45, 2.75) is 20.3 Å². The topological polar surface area (TPSA) is 15.6 Å². The maximum Gasteiger partial charge on any atom is 0.0980 e. The molecule has 0 aliphatic heterocycles. The van der Waals surface area contributed by atoms with E-state index >= 15 is 0 Å². The van der Waals surface area contributed by atoms with Crippen molar-refractivity contribution in [1.82, 2.24) is 0 Å². The molecule has 0 aromatic heterocycles. The highest BCUT2D eigenvalue weighted by atomic mass is 15.5. The zero-order valence-electron chi connectivity index (χ0n) is 18.2. The summed E-state index contributed by atoms with van der Waals surface area (Å²) in [5.41, 5.74) is 8.15. The molecule has 4 rings (SSSR count). The summed E-state index contributed by atoms with van der Waals surface area (Å²) in [5.74, 6) is 0. The Balaban J connectivity index is 1.73. The first kappa shape index (κ1) is 20.6. The molecule has 0 N–H and O–H groups in total. The highest BCUT2D eigenvalue weighted by Gasteiger charge is 2.12. The van der Waals surface area contributed by atoms with Gasteiger partial charge in [-0.1, -0.05) is 108 Å². The van der Waals surface area contributed by atoms with Gasteiger partial charge in [0.1, 0.15) is 0 Å². The van der Waals surface area contributed by atoms with E-state index in [4.69, 9.17) is 5.10 Å². The molecule has 0 amide bonds. The van der Waals surface area contributed by atoms with Gasteiger partial charge in [0.25, 0.3) is 0 Å². The van der Waals surface area contributed by atoms with Gasteiger partial charge in [-0.05, 0) is 38.0 Å². The van der Waals surface area contributed by atoms with E-state index in [1.807, 2.05) is 12.1 Å². The summed E-state index contributed by atoms with van der Waals surface area (Å²) in [4.78, 5) is 0. The monoisotopic (exact) mass is 404 g/mol. The number of hydrazone groups is 1. The Morgan fingerprint density at radius 2 is 1.10 bits per heavy atom. The van der Waals surface area contributed by atoms with Gasteiger partial charge in [0.15, 0.2) is 0 Å². The SMILES string of the molecule is Cc1ccc(CCN(N=C(c2ccccc2)c2ccccc2)c2ccc(C)cc2)cc1. The van der Waals surface area contributed by atoms with Crippen LogP contribution in [0.3, 0.4) is 0 Å². The smallest absolute Gasteiger partial charge is 0.0980 e. The molecule has 31 heavy (non-hydrogen) atoms. The lowest BCUT2D eigenvalue weighted by Gasteiger charge is -2.22. The minimum Gasteiger partial charge on any atom is -0.265 e. The van der Waals surface area contributed by atoms with E-state index in [-0.39, 0.29) is 0 Å². The highest BCUT2D eigenvalue weighted by Crippen LogP contribution is 2.20. The van der Waals surface area contributed by atoms with Crippen LogP contribution in [-0.2, 0) is 6.42 Å². The van der Waals surface area contributed by atoms with Gasteiger partial charge in [-0.3, -0.25) is 5.01 Å². The maximum absolute atomic E-state index is 5.20. The largest absolute Gasteiger partial charge is 0.265 e. The zero-order valence-corrected chi connectivity index (χ0v) is 18.2. The molecular weight excluding hydrogens is 376 g/mol. The molecular formula is C29H28N2. The molecule has 4 aromatic carbocycles. The van der Waals surface area contributed by atoms with Gasteiger partial charge in [-0.25, -0.2) is 0 Å². The van der Waals surface area contributed by atoms with Gasteiger partial charge >= 0.3 is 0 Å². The fourth-order valence-corrected chi connectivity index (χ4v) is 3.54. The van der Waals surface area contributed by atoms with E-state index in [1.165, 1.54) is 16.7 Å². The van der Waals surface area contributed by atoms with Gasteiger partial charge in [0.05, 0.1) is 11.4 Å². The van der Waals surface area contributed by atoms with Crippen LogP contribution >= 0.6 is 0 Å². The van der Waals surface area contributed by atoms with Gasteiger partial charge in [-0.15, -0.1) is 0 Å². The first-order chi connectivity index (χ1) is 15.2. The minimum absolute atomic E-state index is 0.801. The number of hydrogen-bond donors (Lipinski definition) is 0. The van der Waals surface area contributed by atoms with Crippen LogP contribution in [0, 0.1) is 13.8 Å². The molecule has 0 radical (unpaired) electrons. The van der Waals surface area contributed by atoms with Crippen LogP contribution in [0.1, 0.15) is 27.8 Å². The van der Waals surface area contributed by atoms with Crippen LogP contribution in [-0.4, -0.2) is 12.3 Å². The van der Waals surface area contributed by atoms with Crippen molar-refractivity contribution in [1.29, 1.82) is 0 Å². The predicted molar refractivity (Wildman–Crippen MR) is 132 cm³/mol. The Bertz CT molecular complexity index is 1070. The summed E-state index contributed by atoms with van der Waals surface area (Å²) >= 11 is 0. The second-order valence-electron chi connectivity index (χ2n) is 7.87. The molecule has 0 saturated heterocycles. The third kappa shape index (κ3) is 5.49. The molecule has 0 fully saturated rings. The van der Waals surface area contributed by atoms with Crippen molar-refractivity contribution in [3.8, 4) is 0 Å². The summed E-state index contributed by atoms with van der Waals surface area (Å²) in [6, 6.07) is 38.2. The summed E-state index contributed by atoms with van der Waals surface area (Å²) < 4.78 is 0. The van der Waals surface area contributed by atoms with Crippen LogP contribution in [0.2, 0.25) is 0 Å². The maximum atomic E-state index is 5.20. The van der Waals surface area contributed by atoms with Gasteiger partial charge in [0, 0.05) is 17.7 Å². The highest BCUT2D eigenvalue weighted by molar-refractivity contribution is 6.13. The van der Waals surface area contributed by atoms with Gasteiger partial charge in [0.2, 0.25) is 0 Å². The quantitative estimate of drug-likeness (QED) is 0.244. The second-order valence-corrected chi connectivity index (χ2v) is 7.87. The number of anilines is 1. The Morgan fingerprint density at radius 1 is 0.613 bits per heavy atom. The standard InChI is InChI=1S/C29H28N2/c1-23-13-17-25(18-14-23)21-22-31(28-19-15-24(2)16-20-28)30-29(26-9-5-3-6-10-26)27-11-7-4-8-12-27/h3-20H,21-22H2,1-2H3. The van der Waals surface area contributed by atoms with E-state index in [2.05, 4.69) is 116 Å². The lowest BCUT2D eigenvalue weighted by Crippen LogP contribution is -2.23. The molecule has 0 unspecified atom stereocenters. The Morgan fingerprint density at radius 3 is 1.61 bits per heavy atom. The molecule has 0 aliphatic carbocycles. The molecule has 154 valence electrons. The normalized spacial score (nSPS) is 10.5. The number of aryl methyl sites for hydroxylation is 2. The molecule has 0 heterocycles. The lowest BCUT2D eigenvalue weighted by atomic mass is 10.0. The van der Waals surface area contributed by atoms with Crippen molar-refractivity contribution in [3.63, 3.8) is 0 Å². The van der Waals surface area contributed by atoms with E-state index in [0.29, 0.717) is 0 Å². The van der Waals surface area contributed by atoms with Crippen LogP contribution in [0.15, 0.2) is 114 Å². The van der Waals surface area contributed by atoms with Crippen LogP contribution in [0.25, 0.3) is 0 Å². The summed E-state index contributed by atoms with van der Waals surface area (Å²) in [5, 5.41) is 7.33. The van der Waals surface area contributed by atoms with Crippen molar-refractivity contribution in [3.05, 3.63) is 137 Å². The van der Waals surface area contributed by atoms with Crippen molar-refractivity contribution in [2.24, 2.45) is 5.10 Å². The molecule has 0 atom stereocenters. The molecule has 0 spiro atoms. The van der Waals surface area contributed by atoms with E-state index in [0.717, 1.165) is 35.5 Å². The number of rotatable bonds is 7. The van der Waals surface area contributed by atoms with E-state index in [9.17, 15) is 0 Å². The van der Waals surface area contributed by atoms with Gasteiger partial charge in [-0.2, -0.15) is 5.10 Å². The fourth-order valence-electron chi connectivity index (χ4n) is 3.54. The summed E-state index contributed by atoms with van der Waals surface area (Å²) in [7, 11) is 0. The second kappa shape index (κ2) is 9.90. The molecule has 2 nitrogen and oxygen atoms in total. The molecule has 0 saturated carbocycles. The predicted octanol–water partition coefficient (Wildman–Crippen LogP) is 6.81. The average Bonchev–Trinajstić information content (AvgIpc) is 2.82. The third-order valence-electron chi connectivity index (χ3n) is 5.38. The third-order valence-corrected chi connectivity index (χ3v) is 5.38. The van der Waals surface area contributed by atoms with Gasteiger partial charge < -0.3 is 0 Å². The Hall–Kier alpha value is -3.65. The molecule has 4 aromatic rings. The summed E-state index contributed by atoms with van der Waals surface area (Å²) in [6.45, 7) is 5.04. The molecule has 2 heteroatoms.